The predicted molar refractivity (Wildman–Crippen MR) is 94.0 cm³/mol. The highest BCUT2D eigenvalue weighted by Crippen LogP contribution is 2.30. The summed E-state index contributed by atoms with van der Waals surface area (Å²) in [5, 5.41) is 7.45. The van der Waals surface area contributed by atoms with Crippen molar-refractivity contribution in [3.05, 3.63) is 36.5 Å². The Hall–Kier alpha value is -3.62. The number of rotatable bonds is 5. The lowest BCUT2D eigenvalue weighted by molar-refractivity contribution is 0.310. The Bertz CT molecular complexity index is 1070. The quantitative estimate of drug-likeness (QED) is 0.583. The third kappa shape index (κ3) is 2.69. The van der Waals surface area contributed by atoms with Crippen LogP contribution in [-0.2, 0) is 6.54 Å². The molecule has 3 heterocycles. The van der Waals surface area contributed by atoms with Crippen molar-refractivity contribution in [3.63, 3.8) is 0 Å². The van der Waals surface area contributed by atoms with Crippen molar-refractivity contribution < 1.29 is 14.1 Å². The highest BCUT2D eigenvalue weighted by atomic mass is 16.6. The average Bonchev–Trinajstić information content (AvgIpc) is 3.24. The molecule has 0 saturated heterocycles. The maximum Gasteiger partial charge on any atom is 0.221 e. The Balaban J connectivity index is 1.76. The van der Waals surface area contributed by atoms with E-state index in [2.05, 4.69) is 24.9 Å². The first-order valence-corrected chi connectivity index (χ1v) is 7.96. The van der Waals surface area contributed by atoms with E-state index >= 15 is 0 Å². The normalized spacial score (nSPS) is 11.0. The van der Waals surface area contributed by atoms with E-state index in [9.17, 15) is 0 Å². The third-order valence-corrected chi connectivity index (χ3v) is 3.92. The SMILES string of the molecule is CCn1c(-c2nonc2N)nc2cnc(Oc3cccc(OC)c3)cc21. The molecule has 0 unspecified atom stereocenters. The molecule has 0 radical (unpaired) electrons. The molecule has 26 heavy (non-hydrogen) atoms. The van der Waals surface area contributed by atoms with Crippen LogP contribution in [0.25, 0.3) is 22.6 Å². The van der Waals surface area contributed by atoms with E-state index in [0.717, 1.165) is 5.52 Å². The zero-order valence-electron chi connectivity index (χ0n) is 14.2. The molecule has 4 aromatic rings. The van der Waals surface area contributed by atoms with Crippen molar-refractivity contribution in [3.8, 4) is 28.9 Å². The number of hydrogen-bond donors (Lipinski definition) is 1. The summed E-state index contributed by atoms with van der Waals surface area (Å²) in [5.41, 5.74) is 7.75. The summed E-state index contributed by atoms with van der Waals surface area (Å²) in [7, 11) is 1.61. The number of aryl methyl sites for hydroxylation is 1. The van der Waals surface area contributed by atoms with Crippen molar-refractivity contribution in [1.82, 2.24) is 24.8 Å². The fourth-order valence-electron chi connectivity index (χ4n) is 2.70. The van der Waals surface area contributed by atoms with E-state index in [4.69, 9.17) is 15.2 Å². The van der Waals surface area contributed by atoms with E-state index in [1.54, 1.807) is 19.4 Å². The molecular formula is C17H16N6O3. The fraction of sp³-hybridized carbons (Fsp3) is 0.176. The number of nitrogens with zero attached hydrogens (tertiary/aromatic N) is 5. The third-order valence-electron chi connectivity index (χ3n) is 3.92. The van der Waals surface area contributed by atoms with Gasteiger partial charge in [-0.2, -0.15) is 0 Å². The van der Waals surface area contributed by atoms with Gasteiger partial charge in [-0.1, -0.05) is 6.07 Å². The maximum absolute atomic E-state index is 5.85. The number of benzene rings is 1. The largest absolute Gasteiger partial charge is 0.497 e. The highest BCUT2D eigenvalue weighted by molar-refractivity contribution is 5.81. The Morgan fingerprint density at radius 1 is 1.19 bits per heavy atom. The van der Waals surface area contributed by atoms with Gasteiger partial charge < -0.3 is 19.8 Å². The Morgan fingerprint density at radius 3 is 2.77 bits per heavy atom. The predicted octanol–water partition coefficient (Wildman–Crippen LogP) is 2.88. The summed E-state index contributed by atoms with van der Waals surface area (Å²) < 4.78 is 17.7. The fourth-order valence-corrected chi connectivity index (χ4v) is 2.70. The first-order valence-electron chi connectivity index (χ1n) is 7.96. The van der Waals surface area contributed by atoms with Gasteiger partial charge in [-0.05, 0) is 29.4 Å². The molecule has 132 valence electrons. The van der Waals surface area contributed by atoms with Crippen LogP contribution < -0.4 is 15.2 Å². The number of imidazole rings is 1. The van der Waals surface area contributed by atoms with Crippen molar-refractivity contribution in [2.75, 3.05) is 12.8 Å². The van der Waals surface area contributed by atoms with Gasteiger partial charge in [0.1, 0.15) is 17.0 Å². The number of methoxy groups -OCH3 is 1. The van der Waals surface area contributed by atoms with Crippen LogP contribution in [0.5, 0.6) is 17.4 Å². The van der Waals surface area contributed by atoms with Gasteiger partial charge in [0.05, 0.1) is 18.8 Å². The van der Waals surface area contributed by atoms with Crippen LogP contribution in [0, 0.1) is 0 Å². The van der Waals surface area contributed by atoms with Crippen LogP contribution in [0.15, 0.2) is 41.2 Å². The lowest BCUT2D eigenvalue weighted by Crippen LogP contribution is -2.00. The second kappa shape index (κ2) is 6.36. The molecule has 0 fully saturated rings. The van der Waals surface area contributed by atoms with Crippen molar-refractivity contribution in [2.24, 2.45) is 0 Å². The number of nitrogens with two attached hydrogens (primary N) is 1. The molecule has 0 spiro atoms. The number of nitrogen functional groups attached to an aromatic ring is 1. The van der Waals surface area contributed by atoms with Crippen LogP contribution in [0.2, 0.25) is 0 Å². The molecule has 0 saturated carbocycles. The van der Waals surface area contributed by atoms with Crippen LogP contribution >= 0.6 is 0 Å². The van der Waals surface area contributed by atoms with E-state index in [0.29, 0.717) is 41.0 Å². The lowest BCUT2D eigenvalue weighted by atomic mass is 10.3. The molecular weight excluding hydrogens is 336 g/mol. The smallest absolute Gasteiger partial charge is 0.221 e. The Kier molecular flexibility index (Phi) is 3.88. The van der Waals surface area contributed by atoms with Gasteiger partial charge in [0.15, 0.2) is 17.3 Å². The van der Waals surface area contributed by atoms with Gasteiger partial charge in [0, 0.05) is 18.7 Å². The standard InChI is InChI=1S/C17H16N6O3/c1-3-23-13-8-14(25-11-6-4-5-10(7-11)24-2)19-9-12(13)20-17(23)15-16(18)22-26-21-15/h4-9H,3H2,1-2H3,(H2,18,22). The monoisotopic (exact) mass is 352 g/mol. The molecule has 1 aromatic carbocycles. The minimum atomic E-state index is 0.191. The first-order chi connectivity index (χ1) is 12.7. The molecule has 4 rings (SSSR count). The Morgan fingerprint density at radius 2 is 2.04 bits per heavy atom. The zero-order valence-corrected chi connectivity index (χ0v) is 14.2. The molecule has 2 N–H and O–H groups in total. The van der Waals surface area contributed by atoms with E-state index in [1.807, 2.05) is 35.8 Å². The molecule has 3 aromatic heterocycles. The molecule has 0 bridgehead atoms. The minimum Gasteiger partial charge on any atom is -0.497 e. The van der Waals surface area contributed by atoms with E-state index < -0.39 is 0 Å². The summed E-state index contributed by atoms with van der Waals surface area (Å²) in [6.45, 7) is 2.65. The maximum atomic E-state index is 5.85. The zero-order chi connectivity index (χ0) is 18.1. The number of hydrogen-bond acceptors (Lipinski definition) is 8. The summed E-state index contributed by atoms with van der Waals surface area (Å²) in [5.74, 6) is 2.54. The number of ether oxygens (including phenoxy) is 2. The number of anilines is 1. The van der Waals surface area contributed by atoms with Gasteiger partial charge in [-0.15, -0.1) is 0 Å². The molecule has 0 atom stereocenters. The van der Waals surface area contributed by atoms with Crippen molar-refractivity contribution in [2.45, 2.75) is 13.5 Å². The number of fused-ring (bicyclic) bond motifs is 1. The van der Waals surface area contributed by atoms with Crippen molar-refractivity contribution >= 4 is 16.9 Å². The molecule has 9 heteroatoms. The lowest BCUT2D eigenvalue weighted by Gasteiger charge is -2.07. The molecule has 0 aliphatic carbocycles. The van der Waals surface area contributed by atoms with Crippen molar-refractivity contribution in [1.29, 1.82) is 0 Å². The van der Waals surface area contributed by atoms with Crippen LogP contribution in [0.4, 0.5) is 5.82 Å². The second-order valence-electron chi connectivity index (χ2n) is 5.47. The molecule has 0 amide bonds. The number of aromatic nitrogens is 5. The van der Waals surface area contributed by atoms with Crippen LogP contribution in [0.1, 0.15) is 6.92 Å². The molecule has 0 aliphatic heterocycles. The number of pyridine rings is 1. The van der Waals surface area contributed by atoms with E-state index in [-0.39, 0.29) is 5.82 Å². The summed E-state index contributed by atoms with van der Waals surface area (Å²) >= 11 is 0. The van der Waals surface area contributed by atoms with E-state index in [1.165, 1.54) is 0 Å². The molecule has 0 aliphatic rings. The minimum absolute atomic E-state index is 0.191. The average molecular weight is 352 g/mol. The summed E-state index contributed by atoms with van der Waals surface area (Å²) in [6.07, 6.45) is 1.64. The van der Waals surface area contributed by atoms with Gasteiger partial charge in [0.2, 0.25) is 5.88 Å². The first kappa shape index (κ1) is 15.9. The summed E-state index contributed by atoms with van der Waals surface area (Å²) in [4.78, 5) is 8.87. The topological polar surface area (TPSA) is 114 Å². The van der Waals surface area contributed by atoms with Gasteiger partial charge in [-0.25, -0.2) is 14.6 Å². The Labute approximate surface area is 148 Å². The second-order valence-corrected chi connectivity index (χ2v) is 5.47. The highest BCUT2D eigenvalue weighted by Gasteiger charge is 2.19. The van der Waals surface area contributed by atoms with Gasteiger partial charge >= 0.3 is 0 Å². The van der Waals surface area contributed by atoms with Gasteiger partial charge in [-0.3, -0.25) is 0 Å². The van der Waals surface area contributed by atoms with Crippen LogP contribution in [-0.4, -0.2) is 32.0 Å². The summed E-state index contributed by atoms with van der Waals surface area (Å²) in [6, 6.07) is 9.13. The van der Waals surface area contributed by atoms with Crippen LogP contribution in [0.3, 0.4) is 0 Å². The molecule has 9 nitrogen and oxygen atoms in total. The van der Waals surface area contributed by atoms with Gasteiger partial charge in [0.25, 0.3) is 0 Å².